The van der Waals surface area contributed by atoms with Gasteiger partial charge in [-0.1, -0.05) is 140 Å². The summed E-state index contributed by atoms with van der Waals surface area (Å²) in [5.41, 5.74) is 15.7. The Bertz CT molecular complexity index is 2900. The van der Waals surface area contributed by atoms with Crippen molar-refractivity contribution in [1.82, 2.24) is 4.98 Å². The van der Waals surface area contributed by atoms with Gasteiger partial charge in [-0.2, -0.15) is 0 Å². The standard InChI is InChI=1S/C55H42N2O/c1-2-10-37(11-3-1)40-24-28-49(29-25-40)57(51-30-26-39-13-5-7-15-45(39)34-51)50-19-9-18-46(35-50)43-16-8-17-44(32-43)47-22-21-41-27-31-53-54(52(41)36-47)58-55(56-53)48-23-20-38-12-4-6-14-42(38)33-48/h1-5,7-13,15-20,22-34,36,41,50H,6,14,21,35H2. The molecule has 0 aliphatic heterocycles. The first-order valence-corrected chi connectivity index (χ1v) is 20.5. The summed E-state index contributed by atoms with van der Waals surface area (Å²) in [6, 6.07) is 50.9. The summed E-state index contributed by atoms with van der Waals surface area (Å²) >= 11 is 0. The van der Waals surface area contributed by atoms with Gasteiger partial charge in [0.1, 0.15) is 5.69 Å². The second-order valence-electron chi connectivity index (χ2n) is 15.8. The minimum absolute atomic E-state index is 0.129. The molecule has 1 aromatic heterocycles. The molecule has 0 N–H and O–H groups in total. The molecule has 4 aliphatic carbocycles. The Morgan fingerprint density at radius 1 is 0.638 bits per heavy atom. The zero-order valence-electron chi connectivity index (χ0n) is 32.3. The first-order chi connectivity index (χ1) is 28.7. The molecule has 7 aromatic rings. The van der Waals surface area contributed by atoms with Gasteiger partial charge in [-0.15, -0.1) is 0 Å². The van der Waals surface area contributed by atoms with Crippen molar-refractivity contribution in [3.63, 3.8) is 0 Å². The molecular weight excluding hydrogens is 705 g/mol. The number of nitrogens with zero attached hydrogens (tertiary/aromatic N) is 2. The highest BCUT2D eigenvalue weighted by Gasteiger charge is 2.29. The molecule has 0 radical (unpaired) electrons. The van der Waals surface area contributed by atoms with Crippen molar-refractivity contribution in [2.24, 2.45) is 5.92 Å². The second-order valence-corrected chi connectivity index (χ2v) is 15.8. The minimum atomic E-state index is 0.129. The Kier molecular flexibility index (Phi) is 8.58. The monoisotopic (exact) mass is 746 g/mol. The lowest BCUT2D eigenvalue weighted by molar-refractivity contribution is 0.551. The summed E-state index contributed by atoms with van der Waals surface area (Å²) < 4.78 is 6.62. The van der Waals surface area contributed by atoms with Gasteiger partial charge in [0.15, 0.2) is 5.76 Å². The molecule has 0 bridgehead atoms. The van der Waals surface area contributed by atoms with E-state index < -0.39 is 0 Å². The number of oxazole rings is 1. The third-order valence-electron chi connectivity index (χ3n) is 12.2. The molecule has 0 amide bonds. The molecule has 4 aliphatic rings. The van der Waals surface area contributed by atoms with Gasteiger partial charge in [-0.3, -0.25) is 0 Å². The van der Waals surface area contributed by atoms with Crippen LogP contribution in [-0.2, 0) is 6.42 Å². The lowest BCUT2D eigenvalue weighted by Crippen LogP contribution is -2.30. The highest BCUT2D eigenvalue weighted by atomic mass is 16.4. The van der Waals surface area contributed by atoms with Crippen molar-refractivity contribution < 1.29 is 4.42 Å². The maximum absolute atomic E-state index is 6.62. The Labute approximate surface area is 340 Å². The number of hydrogen-bond acceptors (Lipinski definition) is 3. The molecule has 0 saturated heterocycles. The van der Waals surface area contributed by atoms with E-state index in [2.05, 4.69) is 199 Å². The number of rotatable bonds is 7. The number of hydrogen-bond donors (Lipinski definition) is 0. The third kappa shape index (κ3) is 6.39. The number of allylic oxidation sites excluding steroid dienone is 8. The van der Waals surface area contributed by atoms with Crippen LogP contribution in [0.25, 0.3) is 62.2 Å². The first-order valence-electron chi connectivity index (χ1n) is 20.5. The predicted molar refractivity (Wildman–Crippen MR) is 242 cm³/mol. The number of aromatic nitrogens is 1. The fourth-order valence-corrected chi connectivity index (χ4v) is 9.14. The summed E-state index contributed by atoms with van der Waals surface area (Å²) in [5.74, 6) is 1.88. The number of anilines is 2. The Balaban J connectivity index is 0.888. The van der Waals surface area contributed by atoms with Crippen molar-refractivity contribution in [2.75, 3.05) is 4.90 Å². The Morgan fingerprint density at radius 3 is 2.34 bits per heavy atom. The first kappa shape index (κ1) is 34.3. The average Bonchev–Trinajstić information content (AvgIpc) is 3.75. The maximum atomic E-state index is 6.62. The number of benzene rings is 6. The fraction of sp³-hybridized carbons (Fsp3) is 0.109. The van der Waals surface area contributed by atoms with Crippen LogP contribution in [0.4, 0.5) is 11.4 Å². The number of fused-ring (bicyclic) bond motifs is 5. The van der Waals surface area contributed by atoms with Crippen LogP contribution in [0.5, 0.6) is 0 Å². The molecule has 1 heterocycles. The normalized spacial score (nSPS) is 17.8. The molecule has 2 atom stereocenters. The highest BCUT2D eigenvalue weighted by Crippen LogP contribution is 2.44. The fourth-order valence-electron chi connectivity index (χ4n) is 9.14. The van der Waals surface area contributed by atoms with Crippen LogP contribution >= 0.6 is 0 Å². The minimum Gasteiger partial charge on any atom is -0.436 e. The summed E-state index contributed by atoms with van der Waals surface area (Å²) in [6.07, 6.45) is 24.4. The average molecular weight is 747 g/mol. The highest BCUT2D eigenvalue weighted by molar-refractivity contribution is 5.91. The van der Waals surface area contributed by atoms with E-state index in [0.717, 1.165) is 42.7 Å². The summed E-state index contributed by atoms with van der Waals surface area (Å²) in [6.45, 7) is 0. The van der Waals surface area contributed by atoms with Gasteiger partial charge in [-0.25, -0.2) is 4.98 Å². The Hall–Kier alpha value is -6.97. The molecule has 0 fully saturated rings. The molecular formula is C55H42N2O. The quantitative estimate of drug-likeness (QED) is 0.163. The third-order valence-corrected chi connectivity index (χ3v) is 12.2. The van der Waals surface area contributed by atoms with Gasteiger partial charge in [0, 0.05) is 28.4 Å². The largest absolute Gasteiger partial charge is 0.436 e. The zero-order chi connectivity index (χ0) is 38.4. The van der Waals surface area contributed by atoms with Crippen molar-refractivity contribution in [2.45, 2.75) is 31.7 Å². The summed E-state index contributed by atoms with van der Waals surface area (Å²) in [4.78, 5) is 7.49. The smallest absolute Gasteiger partial charge is 0.227 e. The van der Waals surface area contributed by atoms with E-state index in [-0.39, 0.29) is 12.0 Å². The van der Waals surface area contributed by atoms with Gasteiger partial charge < -0.3 is 9.32 Å². The summed E-state index contributed by atoms with van der Waals surface area (Å²) in [5, 5.41) is 2.49. The topological polar surface area (TPSA) is 29.3 Å². The van der Waals surface area contributed by atoms with Gasteiger partial charge in [-0.05, 0) is 136 Å². The van der Waals surface area contributed by atoms with E-state index in [4.69, 9.17) is 9.40 Å². The van der Waals surface area contributed by atoms with Crippen LogP contribution in [0.1, 0.15) is 53.0 Å². The van der Waals surface area contributed by atoms with Crippen LogP contribution in [0, 0.1) is 5.92 Å². The molecule has 278 valence electrons. The van der Waals surface area contributed by atoms with E-state index in [9.17, 15) is 0 Å². The molecule has 58 heavy (non-hydrogen) atoms. The van der Waals surface area contributed by atoms with Gasteiger partial charge in [0.05, 0.1) is 6.04 Å². The molecule has 3 nitrogen and oxygen atoms in total. The van der Waals surface area contributed by atoms with Crippen LogP contribution < -0.4 is 4.90 Å². The van der Waals surface area contributed by atoms with E-state index in [1.807, 2.05) is 0 Å². The maximum Gasteiger partial charge on any atom is 0.227 e. The molecule has 11 rings (SSSR count). The van der Waals surface area contributed by atoms with E-state index >= 15 is 0 Å². The summed E-state index contributed by atoms with van der Waals surface area (Å²) in [7, 11) is 0. The molecule has 6 aromatic carbocycles. The van der Waals surface area contributed by atoms with Crippen LogP contribution in [0.15, 0.2) is 186 Å². The van der Waals surface area contributed by atoms with Crippen molar-refractivity contribution in [1.29, 1.82) is 0 Å². The van der Waals surface area contributed by atoms with Crippen molar-refractivity contribution in [3.05, 3.63) is 216 Å². The van der Waals surface area contributed by atoms with Gasteiger partial charge in [0.25, 0.3) is 0 Å². The van der Waals surface area contributed by atoms with Crippen molar-refractivity contribution in [3.8, 4) is 22.6 Å². The SMILES string of the molecule is C1=CC(N(c2ccc(-c3ccccc3)cc2)c2ccc3ccccc3c2)CC(c2cccc(C3=CCC4C=Cc5nc(-c6ccc7c(c6)CCC=C7)oc5C4=C3)c2)=C1. The molecule has 3 heteroatoms. The van der Waals surface area contributed by atoms with Crippen LogP contribution in [0.2, 0.25) is 0 Å². The molecule has 2 unspecified atom stereocenters. The Morgan fingerprint density at radius 2 is 1.43 bits per heavy atom. The van der Waals surface area contributed by atoms with Gasteiger partial charge >= 0.3 is 0 Å². The van der Waals surface area contributed by atoms with Crippen LogP contribution in [0.3, 0.4) is 0 Å². The van der Waals surface area contributed by atoms with E-state index in [1.54, 1.807) is 0 Å². The second kappa shape index (κ2) is 14.5. The lowest BCUT2D eigenvalue weighted by Gasteiger charge is -2.34. The molecule has 0 saturated carbocycles. The van der Waals surface area contributed by atoms with E-state index in [1.165, 1.54) is 72.2 Å². The molecule has 0 spiro atoms. The zero-order valence-corrected chi connectivity index (χ0v) is 32.3. The van der Waals surface area contributed by atoms with Gasteiger partial charge in [0.2, 0.25) is 5.89 Å². The lowest BCUT2D eigenvalue weighted by atomic mass is 9.81. The predicted octanol–water partition coefficient (Wildman–Crippen LogP) is 14.2. The number of aryl methyl sites for hydroxylation is 1. The van der Waals surface area contributed by atoms with Crippen molar-refractivity contribution >= 4 is 51.0 Å². The van der Waals surface area contributed by atoms with Crippen LogP contribution in [-0.4, -0.2) is 11.0 Å². The van der Waals surface area contributed by atoms with E-state index in [0.29, 0.717) is 5.89 Å².